The molecule has 1 aromatic rings. The van der Waals surface area contributed by atoms with E-state index in [0.717, 1.165) is 24.0 Å². The molecule has 0 saturated carbocycles. The van der Waals surface area contributed by atoms with Crippen molar-refractivity contribution in [3.63, 3.8) is 0 Å². The molecule has 2 unspecified atom stereocenters. The molecule has 4 nitrogen and oxygen atoms in total. The van der Waals surface area contributed by atoms with E-state index >= 15 is 0 Å². The van der Waals surface area contributed by atoms with Crippen LogP contribution in [0.2, 0.25) is 0 Å². The number of hydrogen-bond donors (Lipinski definition) is 1. The van der Waals surface area contributed by atoms with Crippen LogP contribution in [-0.2, 0) is 16.6 Å². The van der Waals surface area contributed by atoms with Gasteiger partial charge in [0.15, 0.2) is 0 Å². The molecular weight excluding hydrogens is 284 g/mol. The molecule has 0 bridgehead atoms. The second-order valence-corrected chi connectivity index (χ2v) is 7.39. The van der Waals surface area contributed by atoms with Gasteiger partial charge in [0.2, 0.25) is 0 Å². The number of fused-ring (bicyclic) bond motifs is 1. The van der Waals surface area contributed by atoms with Crippen LogP contribution in [0.4, 0.5) is 0 Å². The van der Waals surface area contributed by atoms with Crippen LogP contribution in [0.15, 0.2) is 24.3 Å². The lowest BCUT2D eigenvalue weighted by Gasteiger charge is -2.22. The Kier molecular flexibility index (Phi) is 3.55. The van der Waals surface area contributed by atoms with E-state index in [2.05, 4.69) is 4.72 Å². The minimum Gasteiger partial charge on any atom is -0.195 e. The number of rotatable bonds is 3. The van der Waals surface area contributed by atoms with E-state index in [4.69, 9.17) is 11.6 Å². The first-order chi connectivity index (χ1) is 9.08. The predicted molar refractivity (Wildman–Crippen MR) is 75.4 cm³/mol. The number of benzene rings is 1. The number of alkyl halides is 1. The van der Waals surface area contributed by atoms with Crippen LogP contribution in [0.5, 0.6) is 0 Å². The molecule has 1 heterocycles. The van der Waals surface area contributed by atoms with E-state index in [1.165, 1.54) is 4.31 Å². The Bertz CT molecular complexity index is 570. The lowest BCUT2D eigenvalue weighted by Crippen LogP contribution is -2.42. The van der Waals surface area contributed by atoms with E-state index in [1.807, 2.05) is 24.3 Å². The molecule has 1 N–H and O–H groups in total. The zero-order valence-electron chi connectivity index (χ0n) is 10.5. The first-order valence-electron chi connectivity index (χ1n) is 6.57. The summed E-state index contributed by atoms with van der Waals surface area (Å²) in [7, 11) is -3.42. The summed E-state index contributed by atoms with van der Waals surface area (Å²) in [5, 5.41) is -0.213. The Morgan fingerprint density at radius 2 is 1.89 bits per heavy atom. The second-order valence-electron chi connectivity index (χ2n) is 5.13. The molecule has 1 aliphatic heterocycles. The minimum absolute atomic E-state index is 0.213. The summed E-state index contributed by atoms with van der Waals surface area (Å²) >= 11 is 6.31. The molecule has 6 heteroatoms. The van der Waals surface area contributed by atoms with Crippen molar-refractivity contribution < 1.29 is 8.42 Å². The monoisotopic (exact) mass is 300 g/mol. The third-order valence-corrected chi connectivity index (χ3v) is 5.85. The van der Waals surface area contributed by atoms with Gasteiger partial charge in [-0.3, -0.25) is 0 Å². The van der Waals surface area contributed by atoms with Crippen molar-refractivity contribution in [2.24, 2.45) is 0 Å². The molecule has 1 fully saturated rings. The smallest absolute Gasteiger partial charge is 0.195 e. The van der Waals surface area contributed by atoms with Crippen molar-refractivity contribution in [1.82, 2.24) is 9.03 Å². The Morgan fingerprint density at radius 1 is 1.21 bits per heavy atom. The quantitative estimate of drug-likeness (QED) is 0.866. The summed E-state index contributed by atoms with van der Waals surface area (Å²) in [5.74, 6) is 0. The van der Waals surface area contributed by atoms with Gasteiger partial charge >= 0.3 is 0 Å². The minimum atomic E-state index is -3.42. The summed E-state index contributed by atoms with van der Waals surface area (Å²) in [5.41, 5.74) is 2.14. The van der Waals surface area contributed by atoms with E-state index in [0.29, 0.717) is 19.5 Å². The molecule has 1 aliphatic carbocycles. The standard InChI is InChI=1S/C13H17ClN2O2S/c14-12-9-10-5-1-2-6-11(10)13(12)15-19(17,18)16-7-3-4-8-16/h1-2,5-6,12-13,15H,3-4,7-9H2. The predicted octanol–water partition coefficient (Wildman–Crippen LogP) is 1.82. The third-order valence-electron chi connectivity index (χ3n) is 3.85. The maximum atomic E-state index is 12.3. The van der Waals surface area contributed by atoms with Crippen LogP contribution >= 0.6 is 11.6 Å². The van der Waals surface area contributed by atoms with Gasteiger partial charge in [-0.2, -0.15) is 17.4 Å². The average Bonchev–Trinajstić information content (AvgIpc) is 2.99. The molecule has 3 rings (SSSR count). The first-order valence-corrected chi connectivity index (χ1v) is 8.45. The van der Waals surface area contributed by atoms with Crippen LogP contribution < -0.4 is 4.72 Å². The van der Waals surface area contributed by atoms with Crippen LogP contribution in [0.1, 0.15) is 30.0 Å². The normalized spacial score (nSPS) is 27.6. The molecule has 0 aromatic heterocycles. The fraction of sp³-hybridized carbons (Fsp3) is 0.538. The largest absolute Gasteiger partial charge is 0.280 e. The maximum Gasteiger partial charge on any atom is 0.280 e. The van der Waals surface area contributed by atoms with Gasteiger partial charge < -0.3 is 0 Å². The lowest BCUT2D eigenvalue weighted by atomic mass is 10.1. The average molecular weight is 301 g/mol. The topological polar surface area (TPSA) is 49.4 Å². The van der Waals surface area contributed by atoms with Crippen molar-refractivity contribution in [2.75, 3.05) is 13.1 Å². The van der Waals surface area contributed by atoms with Crippen LogP contribution in [-0.4, -0.2) is 31.2 Å². The van der Waals surface area contributed by atoms with Gasteiger partial charge in [-0.15, -0.1) is 11.6 Å². The Balaban J connectivity index is 1.83. The molecule has 1 saturated heterocycles. The second kappa shape index (κ2) is 5.05. The van der Waals surface area contributed by atoms with E-state index in [1.54, 1.807) is 0 Å². The van der Waals surface area contributed by atoms with E-state index in [9.17, 15) is 8.42 Å². The maximum absolute atomic E-state index is 12.3. The fourth-order valence-corrected chi connectivity index (χ4v) is 4.79. The highest BCUT2D eigenvalue weighted by Gasteiger charge is 2.36. The summed E-state index contributed by atoms with van der Waals surface area (Å²) in [6, 6.07) is 7.53. The zero-order valence-corrected chi connectivity index (χ0v) is 12.1. The summed E-state index contributed by atoms with van der Waals surface area (Å²) in [4.78, 5) is 0. The van der Waals surface area contributed by atoms with Crippen molar-refractivity contribution >= 4 is 21.8 Å². The molecule has 1 aromatic carbocycles. The molecule has 0 radical (unpaired) electrons. The number of nitrogens with one attached hydrogen (secondary N) is 1. The van der Waals surface area contributed by atoms with Crippen molar-refractivity contribution in [2.45, 2.75) is 30.7 Å². The molecule has 2 atom stereocenters. The summed E-state index contributed by atoms with van der Waals surface area (Å²) in [6.07, 6.45) is 2.59. The Hall–Kier alpha value is -0.620. The lowest BCUT2D eigenvalue weighted by molar-refractivity contribution is 0.453. The van der Waals surface area contributed by atoms with Gasteiger partial charge in [-0.25, -0.2) is 0 Å². The van der Waals surface area contributed by atoms with E-state index in [-0.39, 0.29) is 11.4 Å². The van der Waals surface area contributed by atoms with Gasteiger partial charge in [-0.05, 0) is 30.4 Å². The summed E-state index contributed by atoms with van der Waals surface area (Å²) in [6.45, 7) is 1.22. The Labute approximate surface area is 118 Å². The number of hydrogen-bond acceptors (Lipinski definition) is 2. The highest BCUT2D eigenvalue weighted by atomic mass is 35.5. The van der Waals surface area contributed by atoms with Crippen LogP contribution in [0.3, 0.4) is 0 Å². The van der Waals surface area contributed by atoms with Gasteiger partial charge in [0, 0.05) is 13.1 Å². The zero-order chi connectivity index (χ0) is 13.5. The summed E-state index contributed by atoms with van der Waals surface area (Å²) < 4.78 is 28.9. The van der Waals surface area contributed by atoms with Crippen LogP contribution in [0, 0.1) is 0 Å². The number of halogens is 1. The van der Waals surface area contributed by atoms with Crippen LogP contribution in [0.25, 0.3) is 0 Å². The molecule has 104 valence electrons. The van der Waals surface area contributed by atoms with Crippen molar-refractivity contribution in [1.29, 1.82) is 0 Å². The number of nitrogens with zero attached hydrogens (tertiary/aromatic N) is 1. The molecule has 2 aliphatic rings. The molecular formula is C13H17ClN2O2S. The fourth-order valence-electron chi connectivity index (χ4n) is 2.85. The highest BCUT2D eigenvalue weighted by molar-refractivity contribution is 7.87. The first kappa shape index (κ1) is 13.4. The van der Waals surface area contributed by atoms with Gasteiger partial charge in [0.25, 0.3) is 10.2 Å². The van der Waals surface area contributed by atoms with E-state index < -0.39 is 10.2 Å². The van der Waals surface area contributed by atoms with Gasteiger partial charge in [0.05, 0.1) is 11.4 Å². The third kappa shape index (κ3) is 2.52. The molecule has 0 amide bonds. The SMILES string of the molecule is O=S(=O)(NC1c2ccccc2CC1Cl)N1CCCC1. The van der Waals surface area contributed by atoms with Gasteiger partial charge in [-0.1, -0.05) is 24.3 Å². The van der Waals surface area contributed by atoms with Crippen molar-refractivity contribution in [3.05, 3.63) is 35.4 Å². The highest BCUT2D eigenvalue weighted by Crippen LogP contribution is 2.35. The molecule has 0 spiro atoms. The molecule has 19 heavy (non-hydrogen) atoms. The van der Waals surface area contributed by atoms with Crippen molar-refractivity contribution in [3.8, 4) is 0 Å². The van der Waals surface area contributed by atoms with Gasteiger partial charge in [0.1, 0.15) is 0 Å². The Morgan fingerprint density at radius 3 is 2.63 bits per heavy atom.